The van der Waals surface area contributed by atoms with Gasteiger partial charge in [0, 0.05) is 22.1 Å². The molecule has 0 bridgehead atoms. The van der Waals surface area contributed by atoms with Gasteiger partial charge >= 0.3 is 0 Å². The Kier molecular flexibility index (Phi) is 4.05. The molecule has 2 rings (SSSR count). The van der Waals surface area contributed by atoms with Crippen LogP contribution in [0.5, 0.6) is 0 Å². The van der Waals surface area contributed by atoms with Gasteiger partial charge in [0.25, 0.3) is 0 Å². The van der Waals surface area contributed by atoms with Crippen molar-refractivity contribution in [2.75, 3.05) is 5.73 Å². The molecular formula is C16H16BrNO. The van der Waals surface area contributed by atoms with Gasteiger partial charge in [-0.05, 0) is 64.7 Å². The number of Topliss-reactive ketones (excluding diaryl/α,β-unsaturated/α-hetero) is 1. The molecule has 0 aliphatic heterocycles. The molecule has 0 aliphatic carbocycles. The van der Waals surface area contributed by atoms with Crippen LogP contribution in [0.25, 0.3) is 0 Å². The minimum atomic E-state index is 0.101. The highest BCUT2D eigenvalue weighted by molar-refractivity contribution is 9.10. The van der Waals surface area contributed by atoms with Gasteiger partial charge in [0.2, 0.25) is 0 Å². The zero-order valence-electron chi connectivity index (χ0n) is 11.0. The van der Waals surface area contributed by atoms with Crippen molar-refractivity contribution in [2.24, 2.45) is 0 Å². The number of carbonyl (C=O) groups excluding carboxylic acids is 1. The van der Waals surface area contributed by atoms with E-state index in [0.717, 1.165) is 10.0 Å². The van der Waals surface area contributed by atoms with Crippen molar-refractivity contribution < 1.29 is 4.79 Å². The van der Waals surface area contributed by atoms with Gasteiger partial charge in [-0.25, -0.2) is 0 Å². The summed E-state index contributed by atoms with van der Waals surface area (Å²) in [5, 5.41) is 0. The fraction of sp³-hybridized carbons (Fsp3) is 0.188. The molecule has 0 aliphatic rings. The smallest absolute Gasteiger partial charge is 0.167 e. The van der Waals surface area contributed by atoms with E-state index in [1.54, 1.807) is 18.2 Å². The molecule has 0 aromatic heterocycles. The van der Waals surface area contributed by atoms with Gasteiger partial charge in [-0.1, -0.05) is 18.2 Å². The first-order valence-corrected chi connectivity index (χ1v) is 6.91. The third kappa shape index (κ3) is 3.24. The lowest BCUT2D eigenvalue weighted by molar-refractivity contribution is 0.0993. The monoisotopic (exact) mass is 317 g/mol. The maximum atomic E-state index is 12.2. The Morgan fingerprint density at radius 2 is 1.84 bits per heavy atom. The predicted molar refractivity (Wildman–Crippen MR) is 82.5 cm³/mol. The van der Waals surface area contributed by atoms with E-state index in [9.17, 15) is 4.79 Å². The normalized spacial score (nSPS) is 10.5. The molecule has 0 radical (unpaired) electrons. The van der Waals surface area contributed by atoms with E-state index in [2.05, 4.69) is 41.9 Å². The highest BCUT2D eigenvalue weighted by Gasteiger charge is 2.09. The average Bonchev–Trinajstić information content (AvgIpc) is 2.37. The third-order valence-electron chi connectivity index (χ3n) is 3.26. The molecule has 0 atom stereocenters. The van der Waals surface area contributed by atoms with E-state index in [1.165, 1.54) is 11.1 Å². The lowest BCUT2D eigenvalue weighted by Gasteiger charge is -2.06. The first-order valence-electron chi connectivity index (χ1n) is 6.11. The number of anilines is 1. The highest BCUT2D eigenvalue weighted by atomic mass is 79.9. The van der Waals surface area contributed by atoms with Crippen LogP contribution in [0.4, 0.5) is 5.69 Å². The highest BCUT2D eigenvalue weighted by Crippen LogP contribution is 2.21. The van der Waals surface area contributed by atoms with Gasteiger partial charge in [0.15, 0.2) is 5.78 Å². The van der Waals surface area contributed by atoms with Crippen molar-refractivity contribution in [3.63, 3.8) is 0 Å². The lowest BCUT2D eigenvalue weighted by Crippen LogP contribution is -2.04. The molecule has 0 spiro atoms. The minimum absolute atomic E-state index is 0.101. The van der Waals surface area contributed by atoms with Gasteiger partial charge in [-0.15, -0.1) is 0 Å². The van der Waals surface area contributed by atoms with Gasteiger partial charge in [-0.3, -0.25) is 4.79 Å². The van der Waals surface area contributed by atoms with Crippen LogP contribution in [-0.4, -0.2) is 5.78 Å². The van der Waals surface area contributed by atoms with E-state index < -0.39 is 0 Å². The summed E-state index contributed by atoms with van der Waals surface area (Å²) < 4.78 is 0.762. The Labute approximate surface area is 121 Å². The molecule has 3 heteroatoms. The number of hydrogen-bond donors (Lipinski definition) is 1. The van der Waals surface area contributed by atoms with Crippen molar-refractivity contribution in [1.29, 1.82) is 0 Å². The molecule has 2 aromatic rings. The summed E-state index contributed by atoms with van der Waals surface area (Å²) in [5.74, 6) is 0.101. The van der Waals surface area contributed by atoms with Crippen LogP contribution in [0.1, 0.15) is 27.0 Å². The number of halogens is 1. The van der Waals surface area contributed by atoms with E-state index in [-0.39, 0.29) is 5.78 Å². The zero-order chi connectivity index (χ0) is 14.0. The third-order valence-corrected chi connectivity index (χ3v) is 3.95. The maximum Gasteiger partial charge on any atom is 0.167 e. The number of ketones is 1. The number of nitrogens with two attached hydrogens (primary N) is 1. The molecule has 19 heavy (non-hydrogen) atoms. The standard InChI is InChI=1S/C16H16BrNO/c1-10-3-4-12(7-11(10)2)8-16(19)13-5-6-15(18)14(17)9-13/h3-7,9H,8,18H2,1-2H3. The summed E-state index contributed by atoms with van der Waals surface area (Å²) >= 11 is 3.34. The van der Waals surface area contributed by atoms with E-state index in [4.69, 9.17) is 5.73 Å². The molecule has 0 saturated heterocycles. The fourth-order valence-corrected chi connectivity index (χ4v) is 2.28. The lowest BCUT2D eigenvalue weighted by atomic mass is 9.99. The second-order valence-corrected chi connectivity index (χ2v) is 5.61. The Hall–Kier alpha value is -1.61. The first-order chi connectivity index (χ1) is 8.97. The average molecular weight is 318 g/mol. The van der Waals surface area contributed by atoms with Crippen LogP contribution >= 0.6 is 15.9 Å². The quantitative estimate of drug-likeness (QED) is 0.685. The number of nitrogen functional groups attached to an aromatic ring is 1. The van der Waals surface area contributed by atoms with Crippen LogP contribution in [0.3, 0.4) is 0 Å². The van der Waals surface area contributed by atoms with Crippen LogP contribution in [0, 0.1) is 13.8 Å². The number of benzene rings is 2. The molecule has 2 aromatic carbocycles. The Morgan fingerprint density at radius 1 is 1.11 bits per heavy atom. The summed E-state index contributed by atoms with van der Waals surface area (Å²) in [6, 6.07) is 11.4. The van der Waals surface area contributed by atoms with Crippen molar-refractivity contribution in [3.8, 4) is 0 Å². The SMILES string of the molecule is Cc1ccc(CC(=O)c2ccc(N)c(Br)c2)cc1C. The van der Waals surface area contributed by atoms with Gasteiger partial charge in [0.05, 0.1) is 0 Å². The summed E-state index contributed by atoms with van der Waals surface area (Å²) in [4.78, 5) is 12.2. The van der Waals surface area contributed by atoms with E-state index in [1.807, 2.05) is 6.07 Å². The van der Waals surface area contributed by atoms with Crippen LogP contribution in [0.15, 0.2) is 40.9 Å². The molecular weight excluding hydrogens is 302 g/mol. The predicted octanol–water partition coefficient (Wildman–Crippen LogP) is 4.07. The molecule has 2 nitrogen and oxygen atoms in total. The molecule has 0 heterocycles. The Bertz CT molecular complexity index is 635. The van der Waals surface area contributed by atoms with Crippen molar-refractivity contribution in [1.82, 2.24) is 0 Å². The largest absolute Gasteiger partial charge is 0.398 e. The number of hydrogen-bond acceptors (Lipinski definition) is 2. The summed E-state index contributed by atoms with van der Waals surface area (Å²) in [5.41, 5.74) is 10.5. The number of rotatable bonds is 3. The minimum Gasteiger partial charge on any atom is -0.398 e. The molecule has 0 unspecified atom stereocenters. The molecule has 0 fully saturated rings. The van der Waals surface area contributed by atoms with Crippen LogP contribution in [-0.2, 0) is 6.42 Å². The molecule has 0 saturated carbocycles. The van der Waals surface area contributed by atoms with Gasteiger partial charge in [0.1, 0.15) is 0 Å². The molecule has 0 amide bonds. The summed E-state index contributed by atoms with van der Waals surface area (Å²) in [7, 11) is 0. The summed E-state index contributed by atoms with van der Waals surface area (Å²) in [6.07, 6.45) is 0.414. The van der Waals surface area contributed by atoms with Crippen molar-refractivity contribution >= 4 is 27.4 Å². The number of carbonyl (C=O) groups is 1. The number of aryl methyl sites for hydroxylation is 2. The van der Waals surface area contributed by atoms with Crippen molar-refractivity contribution in [2.45, 2.75) is 20.3 Å². The fourth-order valence-electron chi connectivity index (χ4n) is 1.90. The second kappa shape index (κ2) is 5.57. The topological polar surface area (TPSA) is 43.1 Å². The second-order valence-electron chi connectivity index (χ2n) is 4.75. The molecule has 98 valence electrons. The Balaban J connectivity index is 2.20. The summed E-state index contributed by atoms with van der Waals surface area (Å²) in [6.45, 7) is 4.13. The Morgan fingerprint density at radius 3 is 2.47 bits per heavy atom. The van der Waals surface area contributed by atoms with Gasteiger partial charge < -0.3 is 5.73 Å². The van der Waals surface area contributed by atoms with Crippen LogP contribution in [0.2, 0.25) is 0 Å². The zero-order valence-corrected chi connectivity index (χ0v) is 12.6. The van der Waals surface area contributed by atoms with E-state index >= 15 is 0 Å². The van der Waals surface area contributed by atoms with E-state index in [0.29, 0.717) is 17.7 Å². The van der Waals surface area contributed by atoms with Crippen LogP contribution < -0.4 is 5.73 Å². The first kappa shape index (κ1) is 13.8. The van der Waals surface area contributed by atoms with Crippen molar-refractivity contribution in [3.05, 3.63) is 63.1 Å². The molecule has 2 N–H and O–H groups in total. The van der Waals surface area contributed by atoms with Gasteiger partial charge in [-0.2, -0.15) is 0 Å². The maximum absolute atomic E-state index is 12.2.